The van der Waals surface area contributed by atoms with Gasteiger partial charge >= 0.3 is 19.3 Å². The van der Waals surface area contributed by atoms with E-state index < -0.39 is 12.1 Å². The van der Waals surface area contributed by atoms with Crippen LogP contribution in [0, 0.1) is 0 Å². The molecule has 1 aliphatic heterocycles. The first kappa shape index (κ1) is 21.7. The molecule has 1 fully saturated rings. The third-order valence-corrected chi connectivity index (χ3v) is 4.10. The molecule has 22 heavy (non-hydrogen) atoms. The van der Waals surface area contributed by atoms with Crippen LogP contribution < -0.4 is 5.73 Å². The Balaban J connectivity index is 0.000000534. The predicted molar refractivity (Wildman–Crippen MR) is 80.8 cm³/mol. The molecule has 0 aromatic rings. The topological polar surface area (TPSA) is 81.8 Å². The summed E-state index contributed by atoms with van der Waals surface area (Å²) in [6, 6.07) is 0. The zero-order valence-corrected chi connectivity index (χ0v) is 14.6. The van der Waals surface area contributed by atoms with Crippen LogP contribution in [0.5, 0.6) is 0 Å². The second-order valence-electron chi connectivity index (χ2n) is 5.92. The number of alkyl halides is 4. The van der Waals surface area contributed by atoms with Crippen LogP contribution in [0.25, 0.3) is 0 Å². The van der Waals surface area contributed by atoms with Gasteiger partial charge in [-0.3, -0.25) is 0 Å². The van der Waals surface area contributed by atoms with Crippen LogP contribution in [-0.4, -0.2) is 46.8 Å². The molecular formula is C12H22BBrF3NO4. The van der Waals surface area contributed by atoms with Gasteiger partial charge < -0.3 is 20.1 Å². The SMILES string of the molecule is CC1(C)OB(C(N)CCCBr)OC1(C)C.O=C(O)C(F)(F)F. The molecule has 130 valence electrons. The highest BCUT2D eigenvalue weighted by molar-refractivity contribution is 9.09. The van der Waals surface area contributed by atoms with E-state index in [9.17, 15) is 13.2 Å². The van der Waals surface area contributed by atoms with E-state index in [1.165, 1.54) is 0 Å². The van der Waals surface area contributed by atoms with Crippen LogP contribution in [0.1, 0.15) is 40.5 Å². The molecule has 3 N–H and O–H groups in total. The Morgan fingerprint density at radius 1 is 1.27 bits per heavy atom. The molecular weight excluding hydrogens is 370 g/mol. The Hall–Kier alpha value is -0.315. The summed E-state index contributed by atoms with van der Waals surface area (Å²) >= 11 is 3.39. The van der Waals surface area contributed by atoms with E-state index in [1.54, 1.807) is 0 Å². The highest BCUT2D eigenvalue weighted by Gasteiger charge is 2.52. The molecule has 1 rings (SSSR count). The number of carboxylic acid groups (broad SMARTS) is 1. The largest absolute Gasteiger partial charge is 0.490 e. The van der Waals surface area contributed by atoms with Crippen molar-refractivity contribution in [1.82, 2.24) is 0 Å². The van der Waals surface area contributed by atoms with Gasteiger partial charge in [0.2, 0.25) is 0 Å². The van der Waals surface area contributed by atoms with Crippen molar-refractivity contribution in [1.29, 1.82) is 0 Å². The maximum atomic E-state index is 10.6. The number of carboxylic acids is 1. The lowest BCUT2D eigenvalue weighted by atomic mass is 9.76. The van der Waals surface area contributed by atoms with E-state index in [0.29, 0.717) is 0 Å². The van der Waals surface area contributed by atoms with Crippen LogP contribution in [0.2, 0.25) is 0 Å². The van der Waals surface area contributed by atoms with Crippen LogP contribution in [0.4, 0.5) is 13.2 Å². The first-order valence-corrected chi connectivity index (χ1v) is 7.84. The minimum absolute atomic E-state index is 0.0383. The third-order valence-electron chi connectivity index (χ3n) is 3.53. The molecule has 0 bridgehead atoms. The maximum absolute atomic E-state index is 10.6. The average Bonchev–Trinajstić information content (AvgIpc) is 2.55. The smallest absolute Gasteiger partial charge is 0.475 e. The van der Waals surface area contributed by atoms with E-state index in [0.717, 1.165) is 18.2 Å². The van der Waals surface area contributed by atoms with Crippen molar-refractivity contribution >= 4 is 29.0 Å². The summed E-state index contributed by atoms with van der Waals surface area (Å²) in [6.07, 6.45) is -3.12. The van der Waals surface area contributed by atoms with Crippen molar-refractivity contribution in [2.45, 2.75) is 63.9 Å². The minimum atomic E-state index is -5.08. The molecule has 1 aliphatic rings. The zero-order valence-electron chi connectivity index (χ0n) is 13.0. The van der Waals surface area contributed by atoms with Gasteiger partial charge in [0.05, 0.1) is 11.2 Å². The fourth-order valence-corrected chi connectivity index (χ4v) is 1.84. The van der Waals surface area contributed by atoms with Gasteiger partial charge in [0.1, 0.15) is 0 Å². The van der Waals surface area contributed by atoms with Crippen molar-refractivity contribution in [3.8, 4) is 0 Å². The highest BCUT2D eigenvalue weighted by Crippen LogP contribution is 2.37. The summed E-state index contributed by atoms with van der Waals surface area (Å²) in [7, 11) is -0.269. The Morgan fingerprint density at radius 3 is 1.91 bits per heavy atom. The molecule has 0 radical (unpaired) electrons. The minimum Gasteiger partial charge on any atom is -0.475 e. The van der Waals surface area contributed by atoms with Gasteiger partial charge in [0.15, 0.2) is 0 Å². The van der Waals surface area contributed by atoms with Crippen molar-refractivity contribution in [2.75, 3.05) is 5.33 Å². The van der Waals surface area contributed by atoms with E-state index in [-0.39, 0.29) is 24.3 Å². The maximum Gasteiger partial charge on any atom is 0.490 e. The molecule has 0 aliphatic carbocycles. The Kier molecular flexibility index (Phi) is 7.87. The lowest BCUT2D eigenvalue weighted by Crippen LogP contribution is -2.41. The molecule has 1 saturated heterocycles. The summed E-state index contributed by atoms with van der Waals surface area (Å²) < 4.78 is 43.5. The monoisotopic (exact) mass is 391 g/mol. The van der Waals surface area contributed by atoms with Gasteiger partial charge in [-0.2, -0.15) is 13.2 Å². The Labute approximate surface area is 137 Å². The summed E-state index contributed by atoms with van der Waals surface area (Å²) in [5, 5.41) is 8.10. The van der Waals surface area contributed by atoms with Crippen molar-refractivity contribution in [2.24, 2.45) is 5.73 Å². The second kappa shape index (κ2) is 7.98. The molecule has 10 heteroatoms. The normalized spacial score (nSPS) is 21.0. The highest BCUT2D eigenvalue weighted by atomic mass is 79.9. The van der Waals surface area contributed by atoms with Crippen LogP contribution in [0.3, 0.4) is 0 Å². The number of carbonyl (C=O) groups is 1. The van der Waals surface area contributed by atoms with Crippen molar-refractivity contribution in [3.05, 3.63) is 0 Å². The summed E-state index contributed by atoms with van der Waals surface area (Å²) in [6.45, 7) is 8.18. The van der Waals surface area contributed by atoms with E-state index in [1.807, 2.05) is 27.7 Å². The lowest BCUT2D eigenvalue weighted by Gasteiger charge is -2.32. The van der Waals surface area contributed by atoms with Gasteiger partial charge in [-0.25, -0.2) is 4.79 Å². The Morgan fingerprint density at radius 2 is 1.64 bits per heavy atom. The predicted octanol–water partition coefficient (Wildman–Crippen LogP) is 2.75. The number of nitrogens with two attached hydrogens (primary N) is 1. The number of hydrogen-bond donors (Lipinski definition) is 2. The van der Waals surface area contributed by atoms with Gasteiger partial charge in [-0.05, 0) is 40.5 Å². The molecule has 5 nitrogen and oxygen atoms in total. The van der Waals surface area contributed by atoms with E-state index in [4.69, 9.17) is 24.9 Å². The zero-order chi connectivity index (χ0) is 17.8. The molecule has 0 aromatic heterocycles. The summed E-state index contributed by atoms with van der Waals surface area (Å²) in [5.74, 6) is -2.80. The summed E-state index contributed by atoms with van der Waals surface area (Å²) in [4.78, 5) is 8.90. The first-order chi connectivity index (χ1) is 9.74. The number of hydrogen-bond acceptors (Lipinski definition) is 4. The first-order valence-electron chi connectivity index (χ1n) is 6.72. The van der Waals surface area contributed by atoms with E-state index in [2.05, 4.69) is 15.9 Å². The lowest BCUT2D eigenvalue weighted by molar-refractivity contribution is -0.192. The molecule has 0 amide bonds. The molecule has 0 saturated carbocycles. The molecule has 1 atom stereocenters. The van der Waals surface area contributed by atoms with Gasteiger partial charge in [0.25, 0.3) is 0 Å². The molecule has 1 heterocycles. The fraction of sp³-hybridized carbons (Fsp3) is 0.917. The molecule has 0 spiro atoms. The molecule has 0 aromatic carbocycles. The third kappa shape index (κ3) is 6.43. The van der Waals surface area contributed by atoms with Crippen LogP contribution in [0.15, 0.2) is 0 Å². The van der Waals surface area contributed by atoms with E-state index >= 15 is 0 Å². The number of rotatable bonds is 4. The van der Waals surface area contributed by atoms with Gasteiger partial charge in [-0.1, -0.05) is 15.9 Å². The van der Waals surface area contributed by atoms with Gasteiger partial charge in [-0.15, -0.1) is 0 Å². The molecule has 1 unspecified atom stereocenters. The fourth-order valence-electron chi connectivity index (χ4n) is 1.51. The number of aliphatic carboxylic acids is 1. The van der Waals surface area contributed by atoms with Crippen LogP contribution in [-0.2, 0) is 14.1 Å². The quantitative estimate of drug-likeness (QED) is 0.568. The standard InChI is InChI=1S/C10H21BBrNO2.C2HF3O2/c1-9(2)10(3,4)15-11(14-9)8(13)6-5-7-12;3-2(4,5)1(6)7/h8H,5-7,13H2,1-4H3;(H,6,7). The van der Waals surface area contributed by atoms with Gasteiger partial charge in [0, 0.05) is 11.3 Å². The van der Waals surface area contributed by atoms with Crippen molar-refractivity contribution < 1.29 is 32.4 Å². The van der Waals surface area contributed by atoms with Crippen LogP contribution >= 0.6 is 15.9 Å². The van der Waals surface area contributed by atoms with Crippen molar-refractivity contribution in [3.63, 3.8) is 0 Å². The second-order valence-corrected chi connectivity index (χ2v) is 6.72. The number of halogens is 4. The average molecular weight is 392 g/mol. The Bertz CT molecular complexity index is 364. The summed E-state index contributed by atoms with van der Waals surface area (Å²) in [5.41, 5.74) is 5.49.